The van der Waals surface area contributed by atoms with Crippen molar-refractivity contribution in [2.24, 2.45) is 5.10 Å². The molecule has 0 bridgehead atoms. The first kappa shape index (κ1) is 18.1. The molecule has 0 aliphatic carbocycles. The fourth-order valence-corrected chi connectivity index (χ4v) is 1.96. The quantitative estimate of drug-likeness (QED) is 0.517. The van der Waals surface area contributed by atoms with Crippen LogP contribution in [-0.4, -0.2) is 29.4 Å². The molecule has 1 aromatic heterocycles. The van der Waals surface area contributed by atoms with E-state index in [2.05, 4.69) is 5.10 Å². The molecule has 0 fully saturated rings. The standard InChI is InChI=1S/C13H15F3N2O3S/c1-12(2,3)21-11(20)18-17-10(13(14,15)16)7-8(19)9-5-4-6-22-9/h4-6H,7H2,1-3H3,(H,18,20). The molecule has 1 amide bonds. The molecule has 1 N–H and O–H groups in total. The molecule has 5 nitrogen and oxygen atoms in total. The maximum absolute atomic E-state index is 12.8. The number of carbonyl (C=O) groups excluding carboxylic acids is 2. The van der Waals surface area contributed by atoms with E-state index in [1.807, 2.05) is 0 Å². The van der Waals surface area contributed by atoms with E-state index in [4.69, 9.17) is 4.74 Å². The van der Waals surface area contributed by atoms with Crippen LogP contribution in [0.4, 0.5) is 18.0 Å². The average Bonchev–Trinajstić information content (AvgIpc) is 2.84. The largest absolute Gasteiger partial charge is 0.443 e. The van der Waals surface area contributed by atoms with Gasteiger partial charge in [0.2, 0.25) is 0 Å². The lowest BCUT2D eigenvalue weighted by atomic mass is 10.1. The van der Waals surface area contributed by atoms with Crippen LogP contribution in [0.5, 0.6) is 0 Å². The van der Waals surface area contributed by atoms with Gasteiger partial charge >= 0.3 is 12.3 Å². The number of halogens is 3. The van der Waals surface area contributed by atoms with E-state index in [-0.39, 0.29) is 4.88 Å². The maximum Gasteiger partial charge on any atom is 0.431 e. The number of nitrogens with zero attached hydrogens (tertiary/aromatic N) is 1. The number of amides is 1. The molecule has 0 saturated carbocycles. The summed E-state index contributed by atoms with van der Waals surface area (Å²) >= 11 is 1.03. The van der Waals surface area contributed by atoms with Gasteiger partial charge in [-0.05, 0) is 32.2 Å². The number of hydrazone groups is 1. The normalized spacial score (nSPS) is 12.9. The SMILES string of the molecule is CC(C)(C)OC(=O)NN=C(CC(=O)c1cccs1)C(F)(F)F. The van der Waals surface area contributed by atoms with E-state index in [0.29, 0.717) is 0 Å². The Labute approximate surface area is 129 Å². The molecular weight excluding hydrogens is 321 g/mol. The number of ether oxygens (including phenoxy) is 1. The summed E-state index contributed by atoms with van der Waals surface area (Å²) in [6.45, 7) is 4.67. The molecular formula is C13H15F3N2O3S. The molecule has 1 rings (SSSR count). The number of nitrogens with one attached hydrogen (secondary N) is 1. The van der Waals surface area contributed by atoms with E-state index < -0.39 is 35.8 Å². The van der Waals surface area contributed by atoms with Crippen LogP contribution in [0.25, 0.3) is 0 Å². The van der Waals surface area contributed by atoms with Gasteiger partial charge in [0.1, 0.15) is 11.3 Å². The van der Waals surface area contributed by atoms with Crippen molar-refractivity contribution in [3.05, 3.63) is 22.4 Å². The number of thiophene rings is 1. The summed E-state index contributed by atoms with van der Waals surface area (Å²) in [7, 11) is 0. The molecule has 0 saturated heterocycles. The third kappa shape index (κ3) is 6.25. The Kier molecular flexibility index (Phi) is 5.70. The topological polar surface area (TPSA) is 67.8 Å². The molecule has 0 aromatic carbocycles. The summed E-state index contributed by atoms with van der Waals surface area (Å²) in [4.78, 5) is 23.2. The van der Waals surface area contributed by atoms with Crippen molar-refractivity contribution in [1.82, 2.24) is 5.43 Å². The second kappa shape index (κ2) is 6.91. The van der Waals surface area contributed by atoms with Gasteiger partial charge in [0.15, 0.2) is 5.78 Å². The number of carbonyl (C=O) groups is 2. The number of Topliss-reactive ketones (excluding diaryl/α,β-unsaturated/α-hetero) is 1. The minimum atomic E-state index is -4.83. The predicted molar refractivity (Wildman–Crippen MR) is 76.1 cm³/mol. The molecule has 0 atom stereocenters. The molecule has 0 spiro atoms. The fourth-order valence-electron chi connectivity index (χ4n) is 1.29. The first-order valence-electron chi connectivity index (χ1n) is 6.18. The number of alkyl halides is 3. The van der Waals surface area contributed by atoms with E-state index >= 15 is 0 Å². The number of rotatable bonds is 4. The van der Waals surface area contributed by atoms with Gasteiger partial charge in [-0.1, -0.05) is 6.07 Å². The third-order valence-electron chi connectivity index (χ3n) is 2.13. The molecule has 0 unspecified atom stereocenters. The second-order valence-corrected chi connectivity index (χ2v) is 6.19. The molecule has 122 valence electrons. The Morgan fingerprint density at radius 2 is 1.95 bits per heavy atom. The highest BCUT2D eigenvalue weighted by Crippen LogP contribution is 2.22. The van der Waals surface area contributed by atoms with E-state index in [9.17, 15) is 22.8 Å². The molecule has 22 heavy (non-hydrogen) atoms. The predicted octanol–water partition coefficient (Wildman–Crippen LogP) is 3.76. The lowest BCUT2D eigenvalue weighted by molar-refractivity contribution is -0.0606. The van der Waals surface area contributed by atoms with Gasteiger partial charge in [0.05, 0.1) is 11.3 Å². The summed E-state index contributed by atoms with van der Waals surface area (Å²) in [6, 6.07) is 2.98. The first-order valence-corrected chi connectivity index (χ1v) is 7.06. The highest BCUT2D eigenvalue weighted by atomic mass is 32.1. The van der Waals surface area contributed by atoms with Crippen LogP contribution in [0.2, 0.25) is 0 Å². The van der Waals surface area contributed by atoms with Gasteiger partial charge in [-0.25, -0.2) is 10.2 Å². The van der Waals surface area contributed by atoms with Crippen molar-refractivity contribution in [3.8, 4) is 0 Å². The molecule has 1 aromatic rings. The summed E-state index contributed by atoms with van der Waals surface area (Å²) < 4.78 is 43.3. The van der Waals surface area contributed by atoms with Crippen molar-refractivity contribution in [3.63, 3.8) is 0 Å². The Morgan fingerprint density at radius 3 is 2.41 bits per heavy atom. The van der Waals surface area contributed by atoms with E-state index in [0.717, 1.165) is 11.3 Å². The van der Waals surface area contributed by atoms with Gasteiger partial charge in [-0.3, -0.25) is 4.79 Å². The molecule has 0 aliphatic rings. The zero-order valence-corrected chi connectivity index (χ0v) is 13.0. The van der Waals surface area contributed by atoms with Gasteiger partial charge in [-0.15, -0.1) is 11.3 Å². The van der Waals surface area contributed by atoms with Crippen LogP contribution in [0, 0.1) is 0 Å². The Bertz CT molecular complexity index is 560. The second-order valence-electron chi connectivity index (χ2n) is 5.25. The van der Waals surface area contributed by atoms with Crippen LogP contribution in [-0.2, 0) is 4.74 Å². The van der Waals surface area contributed by atoms with Crippen molar-refractivity contribution in [2.75, 3.05) is 0 Å². The van der Waals surface area contributed by atoms with Crippen LogP contribution in [0.3, 0.4) is 0 Å². The van der Waals surface area contributed by atoms with Crippen LogP contribution >= 0.6 is 11.3 Å². The number of hydrogen-bond donors (Lipinski definition) is 1. The van der Waals surface area contributed by atoms with Crippen LogP contribution in [0.15, 0.2) is 22.6 Å². The minimum Gasteiger partial charge on any atom is -0.443 e. The number of hydrogen-bond acceptors (Lipinski definition) is 5. The molecule has 9 heteroatoms. The monoisotopic (exact) mass is 336 g/mol. The van der Waals surface area contributed by atoms with Crippen LogP contribution in [0.1, 0.15) is 36.9 Å². The lowest BCUT2D eigenvalue weighted by Crippen LogP contribution is -2.33. The fraction of sp³-hybridized carbons (Fsp3) is 0.462. The van der Waals surface area contributed by atoms with Crippen molar-refractivity contribution >= 4 is 28.9 Å². The van der Waals surface area contributed by atoms with Gasteiger partial charge in [0, 0.05) is 0 Å². The Hall–Kier alpha value is -1.90. The summed E-state index contributed by atoms with van der Waals surface area (Å²) in [6.07, 6.45) is -6.92. The Morgan fingerprint density at radius 1 is 1.32 bits per heavy atom. The average molecular weight is 336 g/mol. The summed E-state index contributed by atoms with van der Waals surface area (Å²) in [5, 5.41) is 4.56. The van der Waals surface area contributed by atoms with Gasteiger partial charge in [0.25, 0.3) is 0 Å². The number of ketones is 1. The molecule has 1 heterocycles. The smallest absolute Gasteiger partial charge is 0.431 e. The van der Waals surface area contributed by atoms with Crippen LogP contribution < -0.4 is 5.43 Å². The van der Waals surface area contributed by atoms with Crippen molar-refractivity contribution in [2.45, 2.75) is 39.0 Å². The van der Waals surface area contributed by atoms with Crippen molar-refractivity contribution in [1.29, 1.82) is 0 Å². The third-order valence-corrected chi connectivity index (χ3v) is 3.04. The summed E-state index contributed by atoms with van der Waals surface area (Å²) in [5.74, 6) is -0.725. The summed E-state index contributed by atoms with van der Waals surface area (Å²) in [5.41, 5.74) is -0.608. The maximum atomic E-state index is 12.8. The minimum absolute atomic E-state index is 0.189. The van der Waals surface area contributed by atoms with E-state index in [1.54, 1.807) is 37.6 Å². The zero-order valence-electron chi connectivity index (χ0n) is 12.2. The highest BCUT2D eigenvalue weighted by molar-refractivity contribution is 7.12. The van der Waals surface area contributed by atoms with Crippen molar-refractivity contribution < 1.29 is 27.5 Å². The van der Waals surface area contributed by atoms with Gasteiger partial charge in [-0.2, -0.15) is 18.3 Å². The first-order chi connectivity index (χ1) is 9.99. The lowest BCUT2D eigenvalue weighted by Gasteiger charge is -2.18. The molecule has 0 radical (unpaired) electrons. The highest BCUT2D eigenvalue weighted by Gasteiger charge is 2.37. The molecule has 0 aliphatic heterocycles. The Balaban J connectivity index is 2.79. The zero-order chi connectivity index (χ0) is 17.0. The van der Waals surface area contributed by atoms with Gasteiger partial charge < -0.3 is 4.74 Å². The van der Waals surface area contributed by atoms with E-state index in [1.165, 1.54) is 6.07 Å².